The third-order valence-electron chi connectivity index (χ3n) is 7.38. The van der Waals surface area contributed by atoms with E-state index in [0.29, 0.717) is 24.5 Å². The lowest BCUT2D eigenvalue weighted by atomic mass is 9.97. The lowest BCUT2D eigenvalue weighted by Crippen LogP contribution is -2.49. The van der Waals surface area contributed by atoms with Crippen molar-refractivity contribution in [2.45, 2.75) is 32.7 Å². The van der Waals surface area contributed by atoms with Crippen LogP contribution in [0.25, 0.3) is 0 Å². The fourth-order valence-electron chi connectivity index (χ4n) is 5.28. The largest absolute Gasteiger partial charge is 0.456 e. The van der Waals surface area contributed by atoms with Gasteiger partial charge in [0.25, 0.3) is 0 Å². The Hall–Kier alpha value is -5.10. The number of nitrogens with one attached hydrogen (secondary N) is 1. The van der Waals surface area contributed by atoms with Gasteiger partial charge >= 0.3 is 12.0 Å². The number of esters is 1. The van der Waals surface area contributed by atoms with E-state index in [4.69, 9.17) is 4.74 Å². The number of anilines is 1. The third-order valence-corrected chi connectivity index (χ3v) is 7.38. The van der Waals surface area contributed by atoms with Gasteiger partial charge in [-0.1, -0.05) is 121 Å². The molecule has 5 aromatic rings. The highest BCUT2D eigenvalue weighted by atomic mass is 16.5. The Morgan fingerprint density at radius 2 is 1.32 bits per heavy atom. The number of carbonyl (C=O) groups excluding carboxylic acids is 2. The summed E-state index contributed by atoms with van der Waals surface area (Å²) >= 11 is 0. The Labute approximate surface area is 239 Å². The third kappa shape index (κ3) is 5.63. The molecule has 0 aliphatic carbocycles. The molecular formula is C35H31N3O3. The van der Waals surface area contributed by atoms with Gasteiger partial charge in [-0.3, -0.25) is 4.90 Å². The van der Waals surface area contributed by atoms with Gasteiger partial charge in [0.05, 0.1) is 17.9 Å². The van der Waals surface area contributed by atoms with Crippen LogP contribution in [0.5, 0.6) is 0 Å². The molecule has 1 N–H and O–H groups in total. The summed E-state index contributed by atoms with van der Waals surface area (Å²) in [5, 5.41) is 0. The van der Waals surface area contributed by atoms with Gasteiger partial charge < -0.3 is 14.6 Å². The van der Waals surface area contributed by atoms with E-state index in [2.05, 4.69) is 29.2 Å². The minimum atomic E-state index is -0.465. The van der Waals surface area contributed by atoms with Crippen LogP contribution in [0, 0.1) is 6.92 Å². The van der Waals surface area contributed by atoms with E-state index in [1.807, 2.05) is 103 Å². The zero-order chi connectivity index (χ0) is 28.2. The second-order valence-corrected chi connectivity index (χ2v) is 10.3. The van der Waals surface area contributed by atoms with Gasteiger partial charge in [-0.2, -0.15) is 0 Å². The second-order valence-electron chi connectivity index (χ2n) is 10.3. The number of aromatic amines is 1. The number of aryl methyl sites for hydroxylation is 1. The van der Waals surface area contributed by atoms with Crippen molar-refractivity contribution in [3.05, 3.63) is 161 Å². The normalized spacial score (nSPS) is 14.6. The molecule has 1 unspecified atom stereocenters. The molecule has 0 bridgehead atoms. The molecule has 6 nitrogen and oxygen atoms in total. The molecule has 1 aromatic heterocycles. The van der Waals surface area contributed by atoms with E-state index in [1.54, 1.807) is 11.0 Å². The Kier molecular flexibility index (Phi) is 7.37. The number of nitrogens with zero attached hydrogens (tertiary/aromatic N) is 2. The maximum absolute atomic E-state index is 14.4. The number of amides is 2. The van der Waals surface area contributed by atoms with Gasteiger partial charge in [0.2, 0.25) is 0 Å². The summed E-state index contributed by atoms with van der Waals surface area (Å²) < 4.78 is 5.66. The fraction of sp³-hybridized carbons (Fsp3) is 0.143. The molecule has 6 rings (SSSR count). The topological polar surface area (TPSA) is 65.6 Å². The number of fused-ring (bicyclic) bond motifs is 1. The smallest absolute Gasteiger partial charge is 0.355 e. The minimum absolute atomic E-state index is 0.126. The first-order chi connectivity index (χ1) is 20.1. The number of urea groups is 1. The monoisotopic (exact) mass is 541 g/mol. The van der Waals surface area contributed by atoms with Crippen LogP contribution in [0.4, 0.5) is 10.5 Å². The SMILES string of the molecule is Cc1ccc(C2c3[nH]c(C(=O)OCc4ccccc4)cc3N(Cc3ccccc3)C(=O)N2Cc2ccccc2)cc1. The van der Waals surface area contributed by atoms with Crippen molar-refractivity contribution >= 4 is 17.7 Å². The van der Waals surface area contributed by atoms with E-state index in [9.17, 15) is 9.59 Å². The minimum Gasteiger partial charge on any atom is -0.456 e. The molecule has 2 amide bonds. The van der Waals surface area contributed by atoms with Crippen LogP contribution in [-0.4, -0.2) is 21.9 Å². The molecule has 1 aliphatic heterocycles. The Bertz CT molecular complexity index is 1630. The van der Waals surface area contributed by atoms with Gasteiger partial charge in [-0.15, -0.1) is 0 Å². The molecule has 6 heteroatoms. The molecule has 41 heavy (non-hydrogen) atoms. The van der Waals surface area contributed by atoms with Crippen molar-refractivity contribution in [3.63, 3.8) is 0 Å². The Morgan fingerprint density at radius 3 is 1.93 bits per heavy atom. The molecule has 1 aliphatic rings. The van der Waals surface area contributed by atoms with E-state index in [-0.39, 0.29) is 12.6 Å². The number of benzene rings is 4. The van der Waals surface area contributed by atoms with Gasteiger partial charge in [0.1, 0.15) is 18.3 Å². The Balaban J connectivity index is 1.43. The molecule has 0 saturated carbocycles. The number of aromatic nitrogens is 1. The van der Waals surface area contributed by atoms with Crippen molar-refractivity contribution in [3.8, 4) is 0 Å². The maximum Gasteiger partial charge on any atom is 0.355 e. The highest BCUT2D eigenvalue weighted by molar-refractivity contribution is 5.98. The lowest BCUT2D eigenvalue weighted by molar-refractivity contribution is 0.0466. The average Bonchev–Trinajstić information content (AvgIpc) is 3.45. The van der Waals surface area contributed by atoms with Crippen molar-refractivity contribution in [2.24, 2.45) is 0 Å². The summed E-state index contributed by atoms with van der Waals surface area (Å²) in [6, 6.07) is 38.9. The van der Waals surface area contributed by atoms with Gasteiger partial charge in [-0.05, 0) is 35.2 Å². The lowest BCUT2D eigenvalue weighted by Gasteiger charge is -2.41. The van der Waals surface area contributed by atoms with E-state index in [1.165, 1.54) is 0 Å². The summed E-state index contributed by atoms with van der Waals surface area (Å²) in [6.07, 6.45) is 0. The van der Waals surface area contributed by atoms with Crippen molar-refractivity contribution in [1.29, 1.82) is 0 Å². The molecular weight excluding hydrogens is 510 g/mol. The number of hydrogen-bond acceptors (Lipinski definition) is 3. The molecule has 0 fully saturated rings. The predicted molar refractivity (Wildman–Crippen MR) is 159 cm³/mol. The first-order valence-electron chi connectivity index (χ1n) is 13.7. The first kappa shape index (κ1) is 26.1. The molecule has 0 spiro atoms. The van der Waals surface area contributed by atoms with Crippen LogP contribution >= 0.6 is 0 Å². The number of H-pyrrole nitrogens is 1. The Morgan fingerprint density at radius 1 is 0.756 bits per heavy atom. The van der Waals surface area contributed by atoms with Crippen LogP contribution in [-0.2, 0) is 24.4 Å². The highest BCUT2D eigenvalue weighted by Crippen LogP contribution is 2.42. The van der Waals surface area contributed by atoms with Crippen LogP contribution < -0.4 is 4.90 Å². The quantitative estimate of drug-likeness (QED) is 0.208. The molecule has 204 valence electrons. The summed E-state index contributed by atoms with van der Waals surface area (Å²) in [7, 11) is 0. The summed E-state index contributed by atoms with van der Waals surface area (Å²) in [5.41, 5.74) is 6.80. The van der Waals surface area contributed by atoms with E-state index >= 15 is 0 Å². The van der Waals surface area contributed by atoms with Crippen LogP contribution in [0.2, 0.25) is 0 Å². The first-order valence-corrected chi connectivity index (χ1v) is 13.7. The van der Waals surface area contributed by atoms with Crippen molar-refractivity contribution in [1.82, 2.24) is 9.88 Å². The second kappa shape index (κ2) is 11.6. The summed E-state index contributed by atoms with van der Waals surface area (Å²) in [6.45, 7) is 2.99. The van der Waals surface area contributed by atoms with Gasteiger partial charge in [0, 0.05) is 6.54 Å². The molecule has 2 heterocycles. The molecule has 0 saturated heterocycles. The van der Waals surface area contributed by atoms with Gasteiger partial charge in [0.15, 0.2) is 0 Å². The fourth-order valence-corrected chi connectivity index (χ4v) is 5.28. The molecule has 1 atom stereocenters. The number of ether oxygens (including phenoxy) is 1. The molecule has 0 radical (unpaired) electrons. The maximum atomic E-state index is 14.4. The summed E-state index contributed by atoms with van der Waals surface area (Å²) in [4.78, 5) is 34.6. The number of carbonyl (C=O) groups is 2. The summed E-state index contributed by atoms with van der Waals surface area (Å²) in [5.74, 6) is -0.465. The number of hydrogen-bond donors (Lipinski definition) is 1. The van der Waals surface area contributed by atoms with Crippen molar-refractivity contribution in [2.75, 3.05) is 4.90 Å². The van der Waals surface area contributed by atoms with E-state index < -0.39 is 12.0 Å². The van der Waals surface area contributed by atoms with E-state index in [0.717, 1.165) is 33.5 Å². The predicted octanol–water partition coefficient (Wildman–Crippen LogP) is 7.41. The number of rotatable bonds is 8. The zero-order valence-electron chi connectivity index (χ0n) is 22.9. The van der Waals surface area contributed by atoms with Crippen LogP contribution in [0.1, 0.15) is 50.0 Å². The zero-order valence-corrected chi connectivity index (χ0v) is 22.9. The standard InChI is InChI=1S/C35H31N3O3/c1-25-17-19-29(20-18-25)33-32-31(21-30(36-32)34(39)41-24-28-15-9-4-10-16-28)37(22-26-11-5-2-6-12-26)35(40)38(33)23-27-13-7-3-8-14-27/h2-21,33,36H,22-24H2,1H3. The highest BCUT2D eigenvalue weighted by Gasteiger charge is 2.41. The molecule has 4 aromatic carbocycles. The van der Waals surface area contributed by atoms with Crippen LogP contribution in [0.15, 0.2) is 121 Å². The van der Waals surface area contributed by atoms with Gasteiger partial charge in [-0.25, -0.2) is 9.59 Å². The van der Waals surface area contributed by atoms with Crippen molar-refractivity contribution < 1.29 is 14.3 Å². The van der Waals surface area contributed by atoms with Crippen LogP contribution in [0.3, 0.4) is 0 Å². The average molecular weight is 542 g/mol.